The van der Waals surface area contributed by atoms with E-state index >= 15 is 0 Å². The number of nitrogens with one attached hydrogen (secondary N) is 3. The maximum atomic E-state index is 9.00. The van der Waals surface area contributed by atoms with Crippen molar-refractivity contribution >= 4 is 18.3 Å². The second kappa shape index (κ2) is 16.3. The van der Waals surface area contributed by atoms with Gasteiger partial charge in [0.15, 0.2) is 5.96 Å². The van der Waals surface area contributed by atoms with Gasteiger partial charge in [-0.1, -0.05) is 45.4 Å². The lowest BCUT2D eigenvalue weighted by molar-refractivity contribution is -0.134. The van der Waals surface area contributed by atoms with Crippen LogP contribution in [0.25, 0.3) is 0 Å². The number of rotatable bonds is 3. The summed E-state index contributed by atoms with van der Waals surface area (Å²) in [5, 5.41) is 17.3. The Balaban J connectivity index is 0.000000442. The maximum Gasteiger partial charge on any atom is 0.300 e. The maximum absolute atomic E-state index is 9.00. The number of carboxylic acid groups (broad SMARTS) is 1. The summed E-state index contributed by atoms with van der Waals surface area (Å²) in [6.07, 6.45) is 14.4. The Morgan fingerprint density at radius 3 is 2.39 bits per heavy atom. The highest BCUT2D eigenvalue weighted by atomic mass is 16.4. The van der Waals surface area contributed by atoms with E-state index in [4.69, 9.17) is 9.90 Å². The molecule has 0 saturated carbocycles. The van der Waals surface area contributed by atoms with Crippen LogP contribution in [0, 0.1) is 0 Å². The van der Waals surface area contributed by atoms with Crippen molar-refractivity contribution in [2.75, 3.05) is 13.1 Å². The molecule has 28 heavy (non-hydrogen) atoms. The van der Waals surface area contributed by atoms with E-state index in [0.717, 1.165) is 25.5 Å². The predicted octanol–water partition coefficient (Wildman–Crippen LogP) is 3.90. The number of aliphatic carboxylic acids is 1. The van der Waals surface area contributed by atoms with Crippen LogP contribution in [0.1, 0.15) is 92.4 Å². The molecule has 1 fully saturated rings. The summed E-state index contributed by atoms with van der Waals surface area (Å²) in [5.41, 5.74) is -0.223. The molecular formula is C21H43N5O2. The van der Waals surface area contributed by atoms with Crippen molar-refractivity contribution < 1.29 is 9.90 Å². The second-order valence-corrected chi connectivity index (χ2v) is 7.81. The Morgan fingerprint density at radius 2 is 1.82 bits per heavy atom. The Labute approximate surface area is 171 Å². The van der Waals surface area contributed by atoms with Gasteiger partial charge in [-0.25, -0.2) is 9.98 Å². The van der Waals surface area contributed by atoms with Gasteiger partial charge < -0.3 is 21.1 Å². The van der Waals surface area contributed by atoms with Crippen molar-refractivity contribution in [3.05, 3.63) is 0 Å². The monoisotopic (exact) mass is 397 g/mol. The number of hydrogen-bond acceptors (Lipinski definition) is 6. The van der Waals surface area contributed by atoms with E-state index in [0.29, 0.717) is 0 Å². The van der Waals surface area contributed by atoms with Crippen molar-refractivity contribution in [3.8, 4) is 0 Å². The molecule has 2 rings (SSSR count). The van der Waals surface area contributed by atoms with E-state index in [1.807, 2.05) is 20.8 Å². The van der Waals surface area contributed by atoms with E-state index in [2.05, 4.69) is 32.9 Å². The minimum atomic E-state index is -0.833. The van der Waals surface area contributed by atoms with Crippen LogP contribution in [0.4, 0.5) is 0 Å². The van der Waals surface area contributed by atoms with Crippen LogP contribution in [-0.4, -0.2) is 48.2 Å². The minimum Gasteiger partial charge on any atom is -0.481 e. The molecule has 1 saturated heterocycles. The Kier molecular flexibility index (Phi) is 15.4. The van der Waals surface area contributed by atoms with Gasteiger partial charge in [0.05, 0.1) is 0 Å². The van der Waals surface area contributed by atoms with Crippen molar-refractivity contribution in [2.45, 2.75) is 104 Å². The molecule has 0 aliphatic carbocycles. The fraction of sp³-hybridized carbons (Fsp3) is 0.857. The minimum absolute atomic E-state index is 0.223. The summed E-state index contributed by atoms with van der Waals surface area (Å²) in [5.74, 6) is -0.0347. The average Bonchev–Trinajstić information content (AvgIpc) is 2.60. The summed E-state index contributed by atoms with van der Waals surface area (Å²) in [6, 6.07) is 0.822. The summed E-state index contributed by atoms with van der Waals surface area (Å²) in [4.78, 5) is 17.1. The van der Waals surface area contributed by atoms with E-state index in [9.17, 15) is 0 Å². The molecule has 0 amide bonds. The quantitative estimate of drug-likeness (QED) is 0.579. The van der Waals surface area contributed by atoms with Crippen LogP contribution < -0.4 is 16.0 Å². The van der Waals surface area contributed by atoms with Gasteiger partial charge in [-0.2, -0.15) is 0 Å². The molecule has 0 bridgehead atoms. The third-order valence-electron chi connectivity index (χ3n) is 4.39. The summed E-state index contributed by atoms with van der Waals surface area (Å²) >= 11 is 0. The number of hydrogen-bond donors (Lipinski definition) is 4. The largest absolute Gasteiger partial charge is 0.481 e. The van der Waals surface area contributed by atoms with Gasteiger partial charge in [0.2, 0.25) is 0 Å². The molecular weight excluding hydrogens is 354 g/mol. The van der Waals surface area contributed by atoms with Crippen molar-refractivity contribution in [1.82, 2.24) is 16.0 Å². The average molecular weight is 398 g/mol. The lowest BCUT2D eigenvalue weighted by Gasteiger charge is -2.26. The van der Waals surface area contributed by atoms with E-state index in [1.54, 1.807) is 6.34 Å². The van der Waals surface area contributed by atoms with Gasteiger partial charge in [-0.05, 0) is 46.6 Å². The summed E-state index contributed by atoms with van der Waals surface area (Å²) < 4.78 is 0. The molecule has 164 valence electrons. The van der Waals surface area contributed by atoms with Gasteiger partial charge >= 0.3 is 0 Å². The van der Waals surface area contributed by atoms with E-state index in [-0.39, 0.29) is 5.66 Å². The molecule has 0 radical (unpaired) electrons. The van der Waals surface area contributed by atoms with Crippen LogP contribution in [0.5, 0.6) is 0 Å². The second-order valence-electron chi connectivity index (χ2n) is 7.81. The first kappa shape index (κ1) is 26.4. The molecule has 1 atom stereocenters. The highest BCUT2D eigenvalue weighted by Gasteiger charge is 2.18. The third-order valence-corrected chi connectivity index (χ3v) is 4.39. The van der Waals surface area contributed by atoms with E-state index in [1.165, 1.54) is 64.3 Å². The lowest BCUT2D eigenvalue weighted by atomic mass is 10.0. The lowest BCUT2D eigenvalue weighted by Crippen LogP contribution is -2.50. The molecule has 2 aliphatic rings. The van der Waals surface area contributed by atoms with E-state index < -0.39 is 5.97 Å². The molecule has 0 spiro atoms. The fourth-order valence-corrected chi connectivity index (χ4v) is 3.07. The first-order valence-corrected chi connectivity index (χ1v) is 10.9. The fourth-order valence-electron chi connectivity index (χ4n) is 3.07. The molecule has 2 aliphatic heterocycles. The Hall–Kier alpha value is -1.63. The first-order chi connectivity index (χ1) is 13.3. The number of guanidine groups is 1. The van der Waals surface area contributed by atoms with Crippen molar-refractivity contribution in [2.24, 2.45) is 9.98 Å². The first-order valence-electron chi connectivity index (χ1n) is 10.9. The molecule has 0 aromatic carbocycles. The molecule has 1 unspecified atom stereocenters. The van der Waals surface area contributed by atoms with Gasteiger partial charge in [0.1, 0.15) is 12.0 Å². The summed E-state index contributed by atoms with van der Waals surface area (Å²) in [7, 11) is 0. The van der Waals surface area contributed by atoms with Gasteiger partial charge in [0.25, 0.3) is 5.97 Å². The highest BCUT2D eigenvalue weighted by Crippen LogP contribution is 2.13. The molecule has 7 nitrogen and oxygen atoms in total. The van der Waals surface area contributed by atoms with Crippen LogP contribution in [0.2, 0.25) is 0 Å². The predicted molar refractivity (Wildman–Crippen MR) is 119 cm³/mol. The number of nitrogens with zero attached hydrogens (tertiary/aromatic N) is 2. The van der Waals surface area contributed by atoms with Crippen molar-refractivity contribution in [1.29, 1.82) is 0 Å². The zero-order chi connectivity index (χ0) is 21.3. The number of aliphatic imine (C=N–C) groups is 2. The number of carboxylic acids is 1. The van der Waals surface area contributed by atoms with Crippen LogP contribution in [0.15, 0.2) is 9.98 Å². The Bertz CT molecular complexity index is 450. The molecule has 7 heteroatoms. The molecule has 4 N–H and O–H groups in total. The normalized spacial score (nSPS) is 21.5. The summed E-state index contributed by atoms with van der Waals surface area (Å²) in [6.45, 7) is 11.5. The molecule has 0 aromatic heterocycles. The zero-order valence-corrected chi connectivity index (χ0v) is 18.7. The smallest absolute Gasteiger partial charge is 0.300 e. The van der Waals surface area contributed by atoms with Crippen LogP contribution in [-0.2, 0) is 4.79 Å². The van der Waals surface area contributed by atoms with Crippen molar-refractivity contribution in [3.63, 3.8) is 0 Å². The molecule has 2 heterocycles. The van der Waals surface area contributed by atoms with Gasteiger partial charge in [-0.3, -0.25) is 4.79 Å². The zero-order valence-electron chi connectivity index (χ0n) is 18.7. The van der Waals surface area contributed by atoms with Crippen LogP contribution in [0.3, 0.4) is 0 Å². The third kappa shape index (κ3) is 16.5. The SMILES string of the molecule is CC(=O)O.CCCC1CCCCCCCCN1.CCNC1=NC=NC(C)(C)N1. The van der Waals surface area contributed by atoms with Gasteiger partial charge in [0, 0.05) is 19.5 Å². The van der Waals surface area contributed by atoms with Crippen LogP contribution >= 0.6 is 0 Å². The topological polar surface area (TPSA) is 98.1 Å². The Morgan fingerprint density at radius 1 is 1.21 bits per heavy atom. The standard InChI is InChI=1S/C12H25N.C7H14N4.C2H4O2/c1-2-9-12-10-7-5-3-4-6-8-11-13-12;1-4-8-6-9-5-10-7(2,3)11-6;1-2(3)4/h12-13H,2-11H2,1H3;5H,4H2,1-3H3,(H2,8,9,10,11);1H3,(H,3,4). The molecule has 0 aromatic rings. The highest BCUT2D eigenvalue weighted by molar-refractivity contribution is 5.89. The number of carbonyl (C=O) groups is 1. The van der Waals surface area contributed by atoms with Gasteiger partial charge in [-0.15, -0.1) is 0 Å².